The Morgan fingerprint density at radius 2 is 1.68 bits per heavy atom. The van der Waals surface area contributed by atoms with E-state index in [4.69, 9.17) is 37.4 Å². The maximum absolute atomic E-state index is 12.3. The molecule has 2 aromatic carbocycles. The number of hydrogen-bond donors (Lipinski definition) is 1. The number of carbonyl (C=O) groups is 1. The van der Waals surface area contributed by atoms with Crippen molar-refractivity contribution in [2.75, 3.05) is 38.4 Å². The maximum atomic E-state index is 12.3. The first kappa shape index (κ1) is 24.6. The summed E-state index contributed by atoms with van der Waals surface area (Å²) >= 11 is 11.8. The lowest BCUT2D eigenvalue weighted by molar-refractivity contribution is -0.119. The van der Waals surface area contributed by atoms with Crippen LogP contribution in [0.15, 0.2) is 35.4 Å². The second kappa shape index (κ2) is 10.6. The van der Waals surface area contributed by atoms with Gasteiger partial charge in [-0.15, -0.1) is 0 Å². The number of sulfonamides is 1. The minimum absolute atomic E-state index is 0.161. The number of ether oxygens (including phenoxy) is 3. The molecule has 2 aromatic rings. The van der Waals surface area contributed by atoms with Crippen LogP contribution in [0.4, 0.5) is 5.69 Å². The molecule has 0 aromatic heterocycles. The number of anilines is 1. The highest BCUT2D eigenvalue weighted by Gasteiger charge is 2.21. The van der Waals surface area contributed by atoms with Gasteiger partial charge in [0.05, 0.1) is 49.5 Å². The highest BCUT2D eigenvalue weighted by atomic mass is 35.5. The zero-order valence-corrected chi connectivity index (χ0v) is 19.5. The van der Waals surface area contributed by atoms with Crippen molar-refractivity contribution in [2.45, 2.75) is 0 Å². The number of halogens is 2. The van der Waals surface area contributed by atoms with Crippen molar-refractivity contribution in [2.24, 2.45) is 5.10 Å². The Morgan fingerprint density at radius 1 is 1.06 bits per heavy atom. The molecule has 168 valence electrons. The second-order valence-electron chi connectivity index (χ2n) is 6.12. The average Bonchev–Trinajstić information content (AvgIpc) is 2.72. The summed E-state index contributed by atoms with van der Waals surface area (Å²) in [6.07, 6.45) is 2.33. The lowest BCUT2D eigenvalue weighted by atomic mass is 10.2. The largest absolute Gasteiger partial charge is 0.493 e. The monoisotopic (exact) mass is 489 g/mol. The lowest BCUT2D eigenvalue weighted by Crippen LogP contribution is -2.39. The van der Waals surface area contributed by atoms with Crippen LogP contribution in [0.3, 0.4) is 0 Å². The van der Waals surface area contributed by atoms with Gasteiger partial charge in [-0.1, -0.05) is 23.2 Å². The van der Waals surface area contributed by atoms with Gasteiger partial charge >= 0.3 is 0 Å². The molecule has 0 heterocycles. The molecule has 0 atom stereocenters. The van der Waals surface area contributed by atoms with Crippen molar-refractivity contribution < 1.29 is 27.4 Å². The van der Waals surface area contributed by atoms with Gasteiger partial charge in [0.2, 0.25) is 15.8 Å². The molecule has 0 unspecified atom stereocenters. The van der Waals surface area contributed by atoms with Crippen molar-refractivity contribution in [3.05, 3.63) is 45.9 Å². The first-order valence-corrected chi connectivity index (χ1v) is 11.3. The topological polar surface area (TPSA) is 107 Å². The Balaban J connectivity index is 2.17. The van der Waals surface area contributed by atoms with Gasteiger partial charge in [-0.2, -0.15) is 5.10 Å². The number of amides is 1. The highest BCUT2D eigenvalue weighted by molar-refractivity contribution is 7.92. The van der Waals surface area contributed by atoms with Crippen LogP contribution in [0, 0.1) is 0 Å². The van der Waals surface area contributed by atoms with Crippen LogP contribution in [-0.4, -0.2) is 54.7 Å². The SMILES string of the molecule is COc1cc(/C=N\NC(=O)CN(c2ccc(Cl)c(Cl)c2)S(C)(=O)=O)cc(OC)c1OC. The van der Waals surface area contributed by atoms with Crippen LogP contribution in [-0.2, 0) is 14.8 Å². The molecule has 0 aliphatic carbocycles. The first-order chi connectivity index (χ1) is 14.6. The molecule has 1 amide bonds. The molecule has 0 saturated heterocycles. The number of carbonyl (C=O) groups excluding carboxylic acids is 1. The molecule has 0 saturated carbocycles. The summed E-state index contributed by atoms with van der Waals surface area (Å²) in [4.78, 5) is 12.3. The molecule has 0 bridgehead atoms. The summed E-state index contributed by atoms with van der Waals surface area (Å²) in [6.45, 7) is -0.511. The van der Waals surface area contributed by atoms with Crippen molar-refractivity contribution >= 4 is 51.0 Å². The average molecular weight is 490 g/mol. The van der Waals surface area contributed by atoms with E-state index in [1.807, 2.05) is 0 Å². The van der Waals surface area contributed by atoms with E-state index < -0.39 is 22.5 Å². The normalized spacial score (nSPS) is 11.3. The Kier molecular flexibility index (Phi) is 8.37. The van der Waals surface area contributed by atoms with Gasteiger partial charge in [0.25, 0.3) is 5.91 Å². The van der Waals surface area contributed by atoms with E-state index >= 15 is 0 Å². The number of rotatable bonds is 9. The third-order valence-corrected chi connectivity index (χ3v) is 5.85. The standard InChI is InChI=1S/C19H21Cl2N3O6S/c1-28-16-7-12(8-17(29-2)19(16)30-3)10-22-23-18(25)11-24(31(4,26)27)13-5-6-14(20)15(21)9-13/h5-10H,11H2,1-4H3,(H,23,25)/b22-10-. The lowest BCUT2D eigenvalue weighted by Gasteiger charge is -2.21. The van der Waals surface area contributed by atoms with Gasteiger partial charge in [0, 0.05) is 5.56 Å². The van der Waals surface area contributed by atoms with Crippen molar-refractivity contribution in [1.29, 1.82) is 0 Å². The highest BCUT2D eigenvalue weighted by Crippen LogP contribution is 2.37. The Hall–Kier alpha value is -2.69. The van der Waals surface area contributed by atoms with Crippen LogP contribution >= 0.6 is 23.2 Å². The maximum Gasteiger partial charge on any atom is 0.260 e. The molecule has 0 aliphatic heterocycles. The van der Waals surface area contributed by atoms with Gasteiger partial charge in [0.15, 0.2) is 11.5 Å². The first-order valence-electron chi connectivity index (χ1n) is 8.65. The number of hydrogen-bond acceptors (Lipinski definition) is 7. The molecule has 12 heteroatoms. The van der Waals surface area contributed by atoms with Crippen LogP contribution in [0.2, 0.25) is 10.0 Å². The van der Waals surface area contributed by atoms with E-state index in [1.165, 1.54) is 45.7 Å². The fourth-order valence-electron chi connectivity index (χ4n) is 2.56. The van der Waals surface area contributed by atoms with Gasteiger partial charge in [-0.05, 0) is 30.3 Å². The number of benzene rings is 2. The van der Waals surface area contributed by atoms with Crippen molar-refractivity contribution in [1.82, 2.24) is 5.43 Å². The molecule has 9 nitrogen and oxygen atoms in total. The molecule has 0 radical (unpaired) electrons. The van der Waals surface area contributed by atoms with E-state index in [0.717, 1.165) is 10.6 Å². The Morgan fingerprint density at radius 3 is 2.16 bits per heavy atom. The molecule has 31 heavy (non-hydrogen) atoms. The summed E-state index contributed by atoms with van der Waals surface area (Å²) in [5.41, 5.74) is 3.04. The van der Waals surface area contributed by atoms with E-state index in [9.17, 15) is 13.2 Å². The summed E-state index contributed by atoms with van der Waals surface area (Å²) in [5, 5.41) is 4.29. The van der Waals surface area contributed by atoms with Crippen LogP contribution in [0.1, 0.15) is 5.56 Å². The second-order valence-corrected chi connectivity index (χ2v) is 8.84. The summed E-state index contributed by atoms with van der Waals surface area (Å²) in [5.74, 6) is 0.576. The van der Waals surface area contributed by atoms with Crippen molar-refractivity contribution in [3.63, 3.8) is 0 Å². The number of nitrogens with zero attached hydrogens (tertiary/aromatic N) is 2. The molecular weight excluding hydrogens is 469 g/mol. The van der Waals surface area contributed by atoms with Gasteiger partial charge in [0.1, 0.15) is 6.54 Å². The van der Waals surface area contributed by atoms with E-state index in [1.54, 1.807) is 12.1 Å². The summed E-state index contributed by atoms with van der Waals surface area (Å²) in [6, 6.07) is 7.52. The van der Waals surface area contributed by atoms with Gasteiger partial charge in [-0.3, -0.25) is 9.10 Å². The van der Waals surface area contributed by atoms with Gasteiger partial charge < -0.3 is 14.2 Å². The van der Waals surface area contributed by atoms with Gasteiger partial charge in [-0.25, -0.2) is 13.8 Å². The van der Waals surface area contributed by atoms with E-state index in [2.05, 4.69) is 10.5 Å². The quantitative estimate of drug-likeness (QED) is 0.428. The van der Waals surface area contributed by atoms with Crippen LogP contribution in [0.25, 0.3) is 0 Å². The molecule has 1 N–H and O–H groups in total. The predicted octanol–water partition coefficient (Wildman–Crippen LogP) is 2.94. The minimum Gasteiger partial charge on any atom is -0.493 e. The molecule has 2 rings (SSSR count). The van der Waals surface area contributed by atoms with Crippen molar-refractivity contribution in [3.8, 4) is 17.2 Å². The fourth-order valence-corrected chi connectivity index (χ4v) is 3.70. The summed E-state index contributed by atoms with van der Waals surface area (Å²) in [7, 11) is 0.658. The summed E-state index contributed by atoms with van der Waals surface area (Å²) < 4.78 is 41.0. The van der Waals surface area contributed by atoms with E-state index in [0.29, 0.717) is 22.8 Å². The molecular formula is C19H21Cl2N3O6S. The predicted molar refractivity (Wildman–Crippen MR) is 120 cm³/mol. The zero-order chi connectivity index (χ0) is 23.2. The number of methoxy groups -OCH3 is 3. The number of hydrazone groups is 1. The van der Waals surface area contributed by atoms with E-state index in [-0.39, 0.29) is 15.7 Å². The van der Waals surface area contributed by atoms with Crippen LogP contribution < -0.4 is 23.9 Å². The molecule has 0 aliphatic rings. The third kappa shape index (κ3) is 6.39. The zero-order valence-electron chi connectivity index (χ0n) is 17.2. The Bertz CT molecular complexity index is 1070. The Labute approximate surface area is 190 Å². The molecule has 0 spiro atoms. The number of nitrogens with one attached hydrogen (secondary N) is 1. The smallest absolute Gasteiger partial charge is 0.260 e. The molecule has 0 fully saturated rings. The third-order valence-electron chi connectivity index (χ3n) is 3.97. The van der Waals surface area contributed by atoms with Crippen LogP contribution in [0.5, 0.6) is 17.2 Å². The minimum atomic E-state index is -3.77. The fraction of sp³-hybridized carbons (Fsp3) is 0.263.